The molecule has 9 nitrogen and oxygen atoms in total. The average molecular weight is 702 g/mol. The summed E-state index contributed by atoms with van der Waals surface area (Å²) in [6.07, 6.45) is 6.69. The third kappa shape index (κ3) is 4.84. The summed E-state index contributed by atoms with van der Waals surface area (Å²) in [5, 5.41) is 15.6. The Kier molecular flexibility index (Phi) is 8.44. The molecule has 8 aliphatic rings. The van der Waals surface area contributed by atoms with Gasteiger partial charge >= 0.3 is 12.2 Å². The minimum Gasteiger partial charge on any atom is -0.446 e. The topological polar surface area (TPSA) is 101 Å². The maximum absolute atomic E-state index is 13.2. The highest BCUT2D eigenvalue weighted by Crippen LogP contribution is 2.89. The molecule has 282 valence electrons. The maximum atomic E-state index is 13.2. The van der Waals surface area contributed by atoms with Gasteiger partial charge in [0.25, 0.3) is 0 Å². The summed E-state index contributed by atoms with van der Waals surface area (Å²) in [6.45, 7) is 19.7. The molecule has 3 saturated heterocycles. The normalized spacial score (nSPS) is 48.1. The molecular weight excluding hydrogens is 637 g/mol. The van der Waals surface area contributed by atoms with Gasteiger partial charge in [-0.3, -0.25) is 4.90 Å². The van der Waals surface area contributed by atoms with E-state index in [2.05, 4.69) is 53.8 Å². The number of alkyl carbamates (subject to hydrolysis) is 1. The van der Waals surface area contributed by atoms with Crippen molar-refractivity contribution in [2.24, 2.45) is 56.7 Å². The van der Waals surface area contributed by atoms with Crippen LogP contribution in [-0.2, 0) is 14.2 Å². The van der Waals surface area contributed by atoms with Crippen LogP contribution in [0.2, 0.25) is 0 Å². The van der Waals surface area contributed by atoms with Crippen molar-refractivity contribution in [3.8, 4) is 0 Å². The molecule has 2 spiro atoms. The second kappa shape index (κ2) is 11.9. The molecular formula is C40H64FN3O6. The maximum Gasteiger partial charge on any atom is 0.410 e. The van der Waals surface area contributed by atoms with Gasteiger partial charge in [0, 0.05) is 50.1 Å². The zero-order chi connectivity index (χ0) is 35.6. The largest absolute Gasteiger partial charge is 0.446 e. The molecule has 3 heterocycles. The zero-order valence-electron chi connectivity index (χ0n) is 31.7. The van der Waals surface area contributed by atoms with Crippen LogP contribution >= 0.6 is 0 Å². The van der Waals surface area contributed by atoms with Crippen molar-refractivity contribution >= 4 is 12.2 Å². The summed E-state index contributed by atoms with van der Waals surface area (Å²) in [5.41, 5.74) is -0.00101. The van der Waals surface area contributed by atoms with Crippen molar-refractivity contribution in [2.75, 3.05) is 39.3 Å². The fraction of sp³-hybridized carbons (Fsp3) is 0.950. The second-order valence-electron chi connectivity index (χ2n) is 19.7. The zero-order valence-corrected chi connectivity index (χ0v) is 31.7. The standard InChI is InChI=1S/C40H64FN3O6/c1-23(2)31(50-35(47)44-16-8-17-44)26-19-24(3)30-32(48-26)33(45)38(7)28-10-9-27-36(4,5)29(49-34(46)42-15-18-43-20-25(41)21-43)11-12-39(27)22-40(28,39)14-13-37(30,38)6/h23-33,45H,8-22H2,1-7H3,(H,42,46)/t24-,26?,27+,28?,29+,30+,31-,32?,33+,37-,38-,39?,40?/m1/s1. The summed E-state index contributed by atoms with van der Waals surface area (Å²) in [7, 11) is 0. The second-order valence-corrected chi connectivity index (χ2v) is 19.7. The number of nitrogens with zero attached hydrogens (tertiary/aromatic N) is 2. The lowest BCUT2D eigenvalue weighted by molar-refractivity contribution is -0.185. The molecule has 8 rings (SSSR count). The van der Waals surface area contributed by atoms with E-state index in [4.69, 9.17) is 14.2 Å². The third-order valence-electron chi connectivity index (χ3n) is 17.0. The first-order valence-electron chi connectivity index (χ1n) is 20.2. The molecule has 5 aliphatic carbocycles. The Labute approximate surface area is 299 Å². The van der Waals surface area contributed by atoms with Crippen LogP contribution in [0.1, 0.15) is 106 Å². The summed E-state index contributed by atoms with van der Waals surface area (Å²) in [6, 6.07) is 0. The first kappa shape index (κ1) is 35.4. The van der Waals surface area contributed by atoms with Crippen LogP contribution in [0.5, 0.6) is 0 Å². The van der Waals surface area contributed by atoms with Gasteiger partial charge < -0.3 is 29.5 Å². The van der Waals surface area contributed by atoms with Crippen LogP contribution in [0, 0.1) is 56.7 Å². The molecule has 3 aliphatic heterocycles. The van der Waals surface area contributed by atoms with E-state index in [1.807, 2.05) is 4.90 Å². The molecule has 10 heteroatoms. The van der Waals surface area contributed by atoms with E-state index in [1.54, 1.807) is 4.90 Å². The number of ether oxygens (including phenoxy) is 3. The highest BCUT2D eigenvalue weighted by Gasteiger charge is 2.84. The van der Waals surface area contributed by atoms with Gasteiger partial charge in [0.05, 0.1) is 18.3 Å². The Morgan fingerprint density at radius 2 is 1.72 bits per heavy atom. The predicted octanol–water partition coefficient (Wildman–Crippen LogP) is 6.42. The van der Waals surface area contributed by atoms with E-state index >= 15 is 0 Å². The predicted molar refractivity (Wildman–Crippen MR) is 187 cm³/mol. The number of hydrogen-bond acceptors (Lipinski definition) is 7. The van der Waals surface area contributed by atoms with Gasteiger partial charge in [-0.2, -0.15) is 0 Å². The number of nitrogens with one attached hydrogen (secondary N) is 1. The number of amides is 2. The number of carbonyl (C=O) groups is 2. The highest BCUT2D eigenvalue weighted by molar-refractivity contribution is 5.68. The van der Waals surface area contributed by atoms with Crippen LogP contribution in [0.15, 0.2) is 0 Å². The van der Waals surface area contributed by atoms with Crippen LogP contribution < -0.4 is 5.32 Å². The molecule has 0 aromatic rings. The van der Waals surface area contributed by atoms with E-state index in [0.29, 0.717) is 43.9 Å². The monoisotopic (exact) mass is 701 g/mol. The van der Waals surface area contributed by atoms with Gasteiger partial charge in [0.2, 0.25) is 0 Å². The summed E-state index contributed by atoms with van der Waals surface area (Å²) in [5.74, 6) is 1.64. The lowest BCUT2D eigenvalue weighted by Gasteiger charge is -2.63. The average Bonchev–Trinajstić information content (AvgIpc) is 3.64. The van der Waals surface area contributed by atoms with Crippen molar-refractivity contribution < 1.29 is 33.3 Å². The molecule has 5 saturated carbocycles. The number of fused-ring (bicyclic) bond motifs is 4. The molecule has 0 bridgehead atoms. The fourth-order valence-corrected chi connectivity index (χ4v) is 14.2. The molecule has 50 heavy (non-hydrogen) atoms. The Bertz CT molecular complexity index is 1350. The third-order valence-corrected chi connectivity index (χ3v) is 17.0. The lowest BCUT2D eigenvalue weighted by Crippen LogP contribution is -2.60. The number of aliphatic hydroxyl groups is 1. The van der Waals surface area contributed by atoms with Crippen LogP contribution in [0.3, 0.4) is 0 Å². The molecule has 13 atom stereocenters. The van der Waals surface area contributed by atoms with E-state index in [-0.39, 0.29) is 75.5 Å². The Morgan fingerprint density at radius 3 is 2.38 bits per heavy atom. The molecule has 2 amide bonds. The van der Waals surface area contributed by atoms with E-state index in [0.717, 1.165) is 58.0 Å². The first-order valence-corrected chi connectivity index (χ1v) is 20.2. The first-order chi connectivity index (χ1) is 23.6. The van der Waals surface area contributed by atoms with E-state index in [1.165, 1.54) is 12.8 Å². The molecule has 0 aromatic heterocycles. The van der Waals surface area contributed by atoms with Gasteiger partial charge in [0.1, 0.15) is 18.4 Å². The van der Waals surface area contributed by atoms with Gasteiger partial charge in [0.15, 0.2) is 0 Å². The van der Waals surface area contributed by atoms with Crippen molar-refractivity contribution in [3.63, 3.8) is 0 Å². The smallest absolute Gasteiger partial charge is 0.410 e. The Hall–Kier alpha value is -1.65. The number of carbonyl (C=O) groups excluding carboxylic acids is 2. The van der Waals surface area contributed by atoms with Gasteiger partial charge in [-0.25, -0.2) is 14.0 Å². The number of hydrogen-bond donors (Lipinski definition) is 2. The van der Waals surface area contributed by atoms with Crippen molar-refractivity contribution in [1.82, 2.24) is 15.1 Å². The number of aliphatic hydroxyl groups excluding tert-OH is 1. The molecule has 5 unspecified atom stereocenters. The highest BCUT2D eigenvalue weighted by atomic mass is 19.1. The van der Waals surface area contributed by atoms with Crippen molar-refractivity contribution in [3.05, 3.63) is 0 Å². The van der Waals surface area contributed by atoms with Crippen LogP contribution in [-0.4, -0.2) is 103 Å². The van der Waals surface area contributed by atoms with Crippen LogP contribution in [0.4, 0.5) is 14.0 Å². The van der Waals surface area contributed by atoms with Gasteiger partial charge in [-0.05, 0) is 104 Å². The number of likely N-dealkylation sites (tertiary alicyclic amines) is 2. The van der Waals surface area contributed by atoms with Crippen molar-refractivity contribution in [1.29, 1.82) is 0 Å². The molecule has 0 radical (unpaired) electrons. The number of alkyl halides is 1. The minimum absolute atomic E-state index is 0.0370. The van der Waals surface area contributed by atoms with Crippen molar-refractivity contribution in [2.45, 2.75) is 143 Å². The van der Waals surface area contributed by atoms with E-state index in [9.17, 15) is 19.1 Å². The Morgan fingerprint density at radius 1 is 1.02 bits per heavy atom. The fourth-order valence-electron chi connectivity index (χ4n) is 14.2. The Balaban J connectivity index is 0.978. The van der Waals surface area contributed by atoms with E-state index < -0.39 is 12.3 Å². The summed E-state index contributed by atoms with van der Waals surface area (Å²) in [4.78, 5) is 29.7. The quantitative estimate of drug-likeness (QED) is 0.316. The molecule has 0 aromatic carbocycles. The summed E-state index contributed by atoms with van der Waals surface area (Å²) >= 11 is 0. The van der Waals surface area contributed by atoms with Gasteiger partial charge in [-0.15, -0.1) is 0 Å². The summed E-state index contributed by atoms with van der Waals surface area (Å²) < 4.78 is 32.5. The molecule has 8 fully saturated rings. The van der Waals surface area contributed by atoms with Gasteiger partial charge in [-0.1, -0.05) is 48.5 Å². The lowest BCUT2D eigenvalue weighted by atomic mass is 9.41. The number of halogens is 1. The minimum atomic E-state index is -0.737. The van der Waals surface area contributed by atoms with Crippen LogP contribution in [0.25, 0.3) is 0 Å². The molecule has 2 N–H and O–H groups in total. The number of rotatable bonds is 7. The SMILES string of the molecule is CC(C)[C@@H](OC(=O)N1CCC1)C1C[C@@H](C)[C@H]2C(O1)[C@H](O)[C@@]1(C)C3CC[C@H]4C(C)(C)[C@@H](OC(=O)NCCN5CC(F)C5)CCC45CC35CC[C@]21C.